The summed E-state index contributed by atoms with van der Waals surface area (Å²) in [5, 5.41) is 8.21. The third-order valence-corrected chi connectivity index (χ3v) is 4.35. The van der Waals surface area contributed by atoms with Crippen LogP contribution in [-0.4, -0.2) is 39.8 Å². The molecule has 122 valence electrons. The second-order valence-corrected chi connectivity index (χ2v) is 6.41. The van der Waals surface area contributed by atoms with Crippen LogP contribution < -0.4 is 10.2 Å². The first kappa shape index (κ1) is 16.1. The van der Waals surface area contributed by atoms with Gasteiger partial charge in [0.1, 0.15) is 11.5 Å². The number of rotatable bonds is 3. The lowest BCUT2D eigenvalue weighted by Gasteiger charge is -2.33. The molecule has 1 saturated heterocycles. The minimum absolute atomic E-state index is 0.131. The van der Waals surface area contributed by atoms with E-state index in [1.54, 1.807) is 36.3 Å². The molecule has 1 N–H and O–H groups in total. The molecule has 23 heavy (non-hydrogen) atoms. The van der Waals surface area contributed by atoms with Gasteiger partial charge in [-0.2, -0.15) is 5.10 Å². The lowest BCUT2D eigenvalue weighted by atomic mass is 10.0. The van der Waals surface area contributed by atoms with Crippen molar-refractivity contribution < 1.29 is 4.79 Å². The van der Waals surface area contributed by atoms with Gasteiger partial charge in [-0.25, -0.2) is 4.98 Å². The highest BCUT2D eigenvalue weighted by Gasteiger charge is 2.23. The van der Waals surface area contributed by atoms with E-state index >= 15 is 0 Å². The van der Waals surface area contributed by atoms with Crippen LogP contribution in [-0.2, 0) is 7.05 Å². The third-order valence-electron chi connectivity index (χ3n) is 3.86. The Morgan fingerprint density at radius 1 is 1.35 bits per heavy atom. The zero-order valence-electron chi connectivity index (χ0n) is 12.7. The topological polar surface area (TPSA) is 63.1 Å². The SMILES string of the molecule is Cn1ccc(C(=O)NC2CCN(c3ncc(Cl)cc3Cl)CC2)n1. The molecule has 0 saturated carbocycles. The van der Waals surface area contributed by atoms with Crippen LogP contribution in [0.3, 0.4) is 0 Å². The van der Waals surface area contributed by atoms with Crippen LogP contribution in [0.1, 0.15) is 23.3 Å². The molecule has 1 aliphatic heterocycles. The van der Waals surface area contributed by atoms with Gasteiger partial charge in [0.25, 0.3) is 5.91 Å². The van der Waals surface area contributed by atoms with E-state index in [1.807, 2.05) is 0 Å². The van der Waals surface area contributed by atoms with Crippen LogP contribution in [0.5, 0.6) is 0 Å². The number of aryl methyl sites for hydroxylation is 1. The minimum Gasteiger partial charge on any atom is -0.355 e. The predicted octanol–water partition coefficient (Wildman–Crippen LogP) is 2.52. The third kappa shape index (κ3) is 3.76. The van der Waals surface area contributed by atoms with Gasteiger partial charge in [-0.3, -0.25) is 9.48 Å². The summed E-state index contributed by atoms with van der Waals surface area (Å²) in [6, 6.07) is 3.54. The average Bonchev–Trinajstić information content (AvgIpc) is 2.95. The van der Waals surface area contributed by atoms with Gasteiger partial charge in [0, 0.05) is 38.6 Å². The Morgan fingerprint density at radius 3 is 2.70 bits per heavy atom. The second kappa shape index (κ2) is 6.76. The molecule has 0 aliphatic carbocycles. The van der Waals surface area contributed by atoms with Gasteiger partial charge in [0.15, 0.2) is 0 Å². The maximum atomic E-state index is 12.1. The van der Waals surface area contributed by atoms with Crippen molar-refractivity contribution in [3.63, 3.8) is 0 Å². The van der Waals surface area contributed by atoms with E-state index < -0.39 is 0 Å². The van der Waals surface area contributed by atoms with E-state index in [4.69, 9.17) is 23.2 Å². The van der Waals surface area contributed by atoms with Gasteiger partial charge >= 0.3 is 0 Å². The first-order valence-electron chi connectivity index (χ1n) is 7.39. The van der Waals surface area contributed by atoms with Gasteiger partial charge in [-0.15, -0.1) is 0 Å². The van der Waals surface area contributed by atoms with E-state index in [2.05, 4.69) is 20.3 Å². The van der Waals surface area contributed by atoms with Gasteiger partial charge in [-0.05, 0) is 25.0 Å². The van der Waals surface area contributed by atoms with Gasteiger partial charge in [0.05, 0.1) is 10.0 Å². The van der Waals surface area contributed by atoms with E-state index in [-0.39, 0.29) is 11.9 Å². The van der Waals surface area contributed by atoms with Crippen molar-refractivity contribution >= 4 is 34.9 Å². The van der Waals surface area contributed by atoms with Crippen LogP contribution in [0.2, 0.25) is 10.0 Å². The molecule has 2 aromatic heterocycles. The van der Waals surface area contributed by atoms with Crippen LogP contribution >= 0.6 is 23.2 Å². The number of aromatic nitrogens is 3. The Hall–Kier alpha value is -1.79. The average molecular weight is 354 g/mol. The van der Waals surface area contributed by atoms with Crippen molar-refractivity contribution in [1.82, 2.24) is 20.1 Å². The molecule has 2 aromatic rings. The quantitative estimate of drug-likeness (QED) is 0.920. The molecule has 3 heterocycles. The highest BCUT2D eigenvalue weighted by molar-refractivity contribution is 6.36. The smallest absolute Gasteiger partial charge is 0.271 e. The summed E-state index contributed by atoms with van der Waals surface area (Å²) in [5.74, 6) is 0.609. The predicted molar refractivity (Wildman–Crippen MR) is 90.2 cm³/mol. The number of halogens is 2. The molecule has 0 unspecified atom stereocenters. The van der Waals surface area contributed by atoms with Crippen LogP contribution in [0.4, 0.5) is 5.82 Å². The van der Waals surface area contributed by atoms with Crippen molar-refractivity contribution in [1.29, 1.82) is 0 Å². The Balaban J connectivity index is 1.57. The Morgan fingerprint density at radius 2 is 2.09 bits per heavy atom. The first-order valence-corrected chi connectivity index (χ1v) is 8.15. The number of nitrogens with zero attached hydrogens (tertiary/aromatic N) is 4. The highest BCUT2D eigenvalue weighted by Crippen LogP contribution is 2.28. The Bertz CT molecular complexity index is 710. The molecule has 0 spiro atoms. The monoisotopic (exact) mass is 353 g/mol. The van der Waals surface area contributed by atoms with E-state index in [0.717, 1.165) is 31.7 Å². The van der Waals surface area contributed by atoms with Crippen molar-refractivity contribution in [2.75, 3.05) is 18.0 Å². The summed E-state index contributed by atoms with van der Waals surface area (Å²) >= 11 is 12.1. The molecule has 0 aromatic carbocycles. The standard InChI is InChI=1S/C15H17Cl2N5O/c1-21-5-4-13(20-21)15(23)19-11-2-6-22(7-3-11)14-12(17)8-10(16)9-18-14/h4-5,8-9,11H,2-3,6-7H2,1H3,(H,19,23). The molecule has 3 rings (SSSR count). The fraction of sp³-hybridized carbons (Fsp3) is 0.400. The number of pyridine rings is 1. The summed E-state index contributed by atoms with van der Waals surface area (Å²) in [4.78, 5) is 18.5. The number of amides is 1. The number of carbonyl (C=O) groups is 1. The summed E-state index contributed by atoms with van der Waals surface area (Å²) in [6.45, 7) is 1.56. The van der Waals surface area contributed by atoms with Crippen molar-refractivity contribution in [2.45, 2.75) is 18.9 Å². The van der Waals surface area contributed by atoms with E-state index in [0.29, 0.717) is 15.7 Å². The summed E-state index contributed by atoms with van der Waals surface area (Å²) in [5.41, 5.74) is 0.442. The van der Waals surface area contributed by atoms with Crippen LogP contribution in [0.25, 0.3) is 0 Å². The molecule has 8 heteroatoms. The molecule has 1 fully saturated rings. The van der Waals surface area contributed by atoms with Gasteiger partial charge in [0.2, 0.25) is 0 Å². The number of piperidine rings is 1. The minimum atomic E-state index is -0.133. The summed E-state index contributed by atoms with van der Waals surface area (Å²) in [6.07, 6.45) is 5.02. The number of hydrogen-bond acceptors (Lipinski definition) is 4. The molecule has 0 radical (unpaired) electrons. The van der Waals surface area contributed by atoms with Gasteiger partial charge in [-0.1, -0.05) is 23.2 Å². The largest absolute Gasteiger partial charge is 0.355 e. The molecule has 0 bridgehead atoms. The zero-order valence-corrected chi connectivity index (χ0v) is 14.2. The zero-order chi connectivity index (χ0) is 16.4. The second-order valence-electron chi connectivity index (χ2n) is 5.57. The molecule has 1 amide bonds. The number of carbonyl (C=O) groups excluding carboxylic acids is 1. The van der Waals surface area contributed by atoms with Crippen molar-refractivity contribution in [2.24, 2.45) is 7.05 Å². The fourth-order valence-electron chi connectivity index (χ4n) is 2.67. The van der Waals surface area contributed by atoms with E-state index in [1.165, 1.54) is 0 Å². The van der Waals surface area contributed by atoms with Crippen molar-refractivity contribution in [3.05, 3.63) is 40.3 Å². The van der Waals surface area contributed by atoms with E-state index in [9.17, 15) is 4.79 Å². The molecule has 1 aliphatic rings. The highest BCUT2D eigenvalue weighted by atomic mass is 35.5. The normalized spacial score (nSPS) is 15.7. The summed E-state index contributed by atoms with van der Waals surface area (Å²) < 4.78 is 1.62. The maximum absolute atomic E-state index is 12.1. The van der Waals surface area contributed by atoms with Crippen LogP contribution in [0, 0.1) is 0 Å². The van der Waals surface area contributed by atoms with Crippen LogP contribution in [0.15, 0.2) is 24.5 Å². The lowest BCUT2D eigenvalue weighted by molar-refractivity contribution is 0.0925. The molecular formula is C15H17Cl2N5O. The first-order chi connectivity index (χ1) is 11.0. The fourth-order valence-corrected chi connectivity index (χ4v) is 3.17. The van der Waals surface area contributed by atoms with Gasteiger partial charge < -0.3 is 10.2 Å². The molecule has 6 nitrogen and oxygen atoms in total. The lowest BCUT2D eigenvalue weighted by Crippen LogP contribution is -2.45. The number of nitrogens with one attached hydrogen (secondary N) is 1. The maximum Gasteiger partial charge on any atom is 0.271 e. The number of hydrogen-bond donors (Lipinski definition) is 1. The van der Waals surface area contributed by atoms with Crippen molar-refractivity contribution in [3.8, 4) is 0 Å². The summed E-state index contributed by atoms with van der Waals surface area (Å²) in [7, 11) is 1.79. The number of anilines is 1. The Kier molecular flexibility index (Phi) is 4.73. The Labute approximate surface area is 144 Å². The molecule has 0 atom stereocenters. The molecular weight excluding hydrogens is 337 g/mol.